The van der Waals surface area contributed by atoms with Crippen LogP contribution >= 0.6 is 23.4 Å². The third-order valence-electron chi connectivity index (χ3n) is 3.63. The molecule has 0 saturated heterocycles. The van der Waals surface area contributed by atoms with E-state index in [1.54, 1.807) is 6.07 Å². The second-order valence-electron chi connectivity index (χ2n) is 5.25. The van der Waals surface area contributed by atoms with Crippen LogP contribution < -0.4 is 4.74 Å². The molecule has 0 aliphatic carbocycles. The third kappa shape index (κ3) is 3.50. The first-order valence-corrected chi connectivity index (χ1v) is 9.08. The maximum atomic E-state index is 6.05. The van der Waals surface area contributed by atoms with Crippen LogP contribution in [0.2, 0.25) is 5.02 Å². The molecular weight excluding hydrogens is 358 g/mol. The number of thioether (sulfide) groups is 1. The molecule has 0 saturated carbocycles. The molecule has 4 aromatic rings. The largest absolute Gasteiger partial charge is 0.491 e. The molecule has 126 valence electrons. The fourth-order valence-electron chi connectivity index (χ4n) is 2.47. The maximum Gasteiger partial charge on any atom is 0.276 e. The molecule has 2 aromatic heterocycles. The van der Waals surface area contributed by atoms with Gasteiger partial charge in [0, 0.05) is 22.9 Å². The number of nitrogens with zero attached hydrogens (tertiary/aromatic N) is 2. The van der Waals surface area contributed by atoms with Crippen LogP contribution in [-0.2, 0) is 0 Å². The topological polar surface area (TPSA) is 63.9 Å². The van der Waals surface area contributed by atoms with E-state index in [-0.39, 0.29) is 0 Å². The van der Waals surface area contributed by atoms with Gasteiger partial charge in [-0.2, -0.15) is 0 Å². The maximum absolute atomic E-state index is 6.05. The summed E-state index contributed by atoms with van der Waals surface area (Å²) in [5.41, 5.74) is 1.94. The van der Waals surface area contributed by atoms with Gasteiger partial charge in [-0.05, 0) is 18.2 Å². The van der Waals surface area contributed by atoms with Crippen molar-refractivity contribution >= 4 is 34.3 Å². The fourth-order valence-corrected chi connectivity index (χ4v) is 3.24. The molecule has 2 aromatic carbocycles. The number of H-pyrrole nitrogens is 1. The van der Waals surface area contributed by atoms with Crippen LogP contribution in [0.5, 0.6) is 5.75 Å². The summed E-state index contributed by atoms with van der Waals surface area (Å²) in [7, 11) is 0. The number of benzene rings is 2. The molecule has 2 heterocycles. The normalized spacial score (nSPS) is 11.1. The van der Waals surface area contributed by atoms with Crippen LogP contribution in [0, 0.1) is 0 Å². The fraction of sp³-hybridized carbons (Fsp3) is 0.111. The van der Waals surface area contributed by atoms with Crippen molar-refractivity contribution in [1.82, 2.24) is 15.2 Å². The van der Waals surface area contributed by atoms with Crippen LogP contribution in [0.4, 0.5) is 0 Å². The molecule has 0 aliphatic rings. The number of para-hydroxylation sites is 2. The second kappa shape index (κ2) is 7.21. The first-order valence-electron chi connectivity index (χ1n) is 7.71. The van der Waals surface area contributed by atoms with Crippen molar-refractivity contribution in [3.8, 4) is 17.2 Å². The van der Waals surface area contributed by atoms with E-state index >= 15 is 0 Å². The Balaban J connectivity index is 1.38. The minimum Gasteiger partial charge on any atom is -0.491 e. The summed E-state index contributed by atoms with van der Waals surface area (Å²) < 4.78 is 11.4. The Labute approximate surface area is 153 Å². The summed E-state index contributed by atoms with van der Waals surface area (Å²) in [6, 6.07) is 15.4. The van der Waals surface area contributed by atoms with E-state index in [0.717, 1.165) is 16.5 Å². The lowest BCUT2D eigenvalue weighted by Crippen LogP contribution is -2.00. The number of halogens is 1. The minimum atomic E-state index is 0.499. The van der Waals surface area contributed by atoms with Crippen molar-refractivity contribution in [1.29, 1.82) is 0 Å². The van der Waals surface area contributed by atoms with Crippen molar-refractivity contribution < 1.29 is 9.15 Å². The van der Waals surface area contributed by atoms with E-state index in [1.165, 1.54) is 11.8 Å². The molecule has 0 fully saturated rings. The molecule has 0 spiro atoms. The van der Waals surface area contributed by atoms with Gasteiger partial charge in [-0.3, -0.25) is 0 Å². The molecule has 0 atom stereocenters. The molecule has 0 amide bonds. The molecule has 1 N–H and O–H groups in total. The lowest BCUT2D eigenvalue weighted by Gasteiger charge is -2.06. The van der Waals surface area contributed by atoms with Crippen molar-refractivity contribution in [2.45, 2.75) is 5.22 Å². The molecule has 0 radical (unpaired) electrons. The Morgan fingerprint density at radius 2 is 1.92 bits per heavy atom. The number of hydrogen-bond acceptors (Lipinski definition) is 5. The second-order valence-corrected chi connectivity index (χ2v) is 6.70. The lowest BCUT2D eigenvalue weighted by molar-refractivity contribution is 0.343. The highest BCUT2D eigenvalue weighted by atomic mass is 35.5. The number of hydrogen-bond donors (Lipinski definition) is 1. The van der Waals surface area contributed by atoms with Crippen molar-refractivity contribution in [3.05, 3.63) is 59.8 Å². The highest BCUT2D eigenvalue weighted by Crippen LogP contribution is 2.29. The van der Waals surface area contributed by atoms with Gasteiger partial charge in [0.15, 0.2) is 0 Å². The van der Waals surface area contributed by atoms with Crippen LogP contribution in [-0.4, -0.2) is 27.5 Å². The molecule has 7 heteroatoms. The minimum absolute atomic E-state index is 0.499. The highest BCUT2D eigenvalue weighted by molar-refractivity contribution is 7.99. The standard InChI is InChI=1S/C18H14ClN3O2S/c19-14-6-2-4-8-16(14)23-9-10-25-18-22-21-17(24-18)13-11-20-15-7-3-1-5-12(13)15/h1-8,11,20H,9-10H2. The third-order valence-corrected chi connectivity index (χ3v) is 4.72. The number of rotatable bonds is 6. The quantitative estimate of drug-likeness (QED) is 0.380. The van der Waals surface area contributed by atoms with Crippen LogP contribution in [0.3, 0.4) is 0 Å². The Hall–Kier alpha value is -2.44. The Morgan fingerprint density at radius 1 is 1.08 bits per heavy atom. The Morgan fingerprint density at radius 3 is 2.84 bits per heavy atom. The van der Waals surface area contributed by atoms with Crippen molar-refractivity contribution in [2.75, 3.05) is 12.4 Å². The molecule has 0 unspecified atom stereocenters. The Bertz CT molecular complexity index is 999. The monoisotopic (exact) mass is 371 g/mol. The van der Waals surface area contributed by atoms with E-state index in [2.05, 4.69) is 15.2 Å². The first kappa shape index (κ1) is 16.1. The highest BCUT2D eigenvalue weighted by Gasteiger charge is 2.13. The molecule has 0 bridgehead atoms. The van der Waals surface area contributed by atoms with Gasteiger partial charge < -0.3 is 14.1 Å². The van der Waals surface area contributed by atoms with Crippen LogP contribution in [0.15, 0.2) is 64.4 Å². The zero-order valence-corrected chi connectivity index (χ0v) is 14.7. The number of aromatic amines is 1. The molecule has 25 heavy (non-hydrogen) atoms. The Kier molecular flexibility index (Phi) is 4.63. The van der Waals surface area contributed by atoms with Gasteiger partial charge in [0.1, 0.15) is 5.75 Å². The van der Waals surface area contributed by atoms with E-state index in [4.69, 9.17) is 20.8 Å². The summed E-state index contributed by atoms with van der Waals surface area (Å²) >= 11 is 7.50. The predicted octanol–water partition coefficient (Wildman–Crippen LogP) is 5.04. The number of fused-ring (bicyclic) bond motifs is 1. The SMILES string of the molecule is Clc1ccccc1OCCSc1nnc(-c2c[nH]c3ccccc23)o1. The van der Waals surface area contributed by atoms with Crippen molar-refractivity contribution in [3.63, 3.8) is 0 Å². The van der Waals surface area contributed by atoms with Gasteiger partial charge in [-0.1, -0.05) is 53.7 Å². The van der Waals surface area contributed by atoms with Gasteiger partial charge in [0.05, 0.1) is 17.2 Å². The van der Waals surface area contributed by atoms with Crippen molar-refractivity contribution in [2.24, 2.45) is 0 Å². The van der Waals surface area contributed by atoms with Crippen LogP contribution in [0.25, 0.3) is 22.4 Å². The molecule has 5 nitrogen and oxygen atoms in total. The first-order chi connectivity index (χ1) is 12.3. The van der Waals surface area contributed by atoms with E-state index in [0.29, 0.717) is 34.2 Å². The summed E-state index contributed by atoms with van der Waals surface area (Å²) in [5, 5.41) is 10.4. The van der Waals surface area contributed by atoms with Crippen LogP contribution in [0.1, 0.15) is 0 Å². The molecular formula is C18H14ClN3O2S. The smallest absolute Gasteiger partial charge is 0.276 e. The average molecular weight is 372 g/mol. The average Bonchev–Trinajstić information content (AvgIpc) is 3.26. The number of aromatic nitrogens is 3. The summed E-state index contributed by atoms with van der Waals surface area (Å²) in [4.78, 5) is 3.20. The summed E-state index contributed by atoms with van der Waals surface area (Å²) in [6.45, 7) is 0.499. The molecule has 4 rings (SSSR count). The van der Waals surface area contributed by atoms with Gasteiger partial charge in [-0.15, -0.1) is 10.2 Å². The van der Waals surface area contributed by atoms with Gasteiger partial charge >= 0.3 is 0 Å². The van der Waals surface area contributed by atoms with Gasteiger partial charge in [0.2, 0.25) is 0 Å². The zero-order valence-electron chi connectivity index (χ0n) is 13.1. The summed E-state index contributed by atoms with van der Waals surface area (Å²) in [5.74, 6) is 1.86. The van der Waals surface area contributed by atoms with E-state index in [1.807, 2.05) is 48.7 Å². The molecule has 0 aliphatic heterocycles. The number of ether oxygens (including phenoxy) is 1. The van der Waals surface area contributed by atoms with Gasteiger partial charge in [0.25, 0.3) is 11.1 Å². The number of nitrogens with one attached hydrogen (secondary N) is 1. The van der Waals surface area contributed by atoms with Gasteiger partial charge in [-0.25, -0.2) is 0 Å². The summed E-state index contributed by atoms with van der Waals surface area (Å²) in [6.07, 6.45) is 1.88. The van der Waals surface area contributed by atoms with E-state index < -0.39 is 0 Å². The zero-order chi connectivity index (χ0) is 17.1. The van der Waals surface area contributed by atoms with E-state index in [9.17, 15) is 0 Å². The predicted molar refractivity (Wildman–Crippen MR) is 99.3 cm³/mol. The lowest BCUT2D eigenvalue weighted by atomic mass is 10.2.